The molecule has 1 aliphatic heterocycles. The van der Waals surface area contributed by atoms with E-state index in [0.717, 1.165) is 83.5 Å². The topological polar surface area (TPSA) is 175 Å². The van der Waals surface area contributed by atoms with Crippen LogP contribution in [0, 0.1) is 0 Å². The molecule has 69 heavy (non-hydrogen) atoms. The van der Waals surface area contributed by atoms with Crippen LogP contribution >= 0.6 is 0 Å². The van der Waals surface area contributed by atoms with Crippen LogP contribution in [-0.2, 0) is 23.8 Å². The van der Waals surface area contributed by atoms with E-state index >= 15 is 0 Å². The lowest BCUT2D eigenvalue weighted by Crippen LogP contribution is -2.60. The van der Waals surface area contributed by atoms with Crippen molar-refractivity contribution in [3.63, 3.8) is 0 Å². The van der Waals surface area contributed by atoms with Gasteiger partial charge in [0.1, 0.15) is 24.4 Å². The lowest BCUT2D eigenvalue weighted by molar-refractivity contribution is -0.302. The van der Waals surface area contributed by atoms with Crippen molar-refractivity contribution >= 4 is 11.9 Å². The van der Waals surface area contributed by atoms with E-state index in [2.05, 4.69) is 43.5 Å². The van der Waals surface area contributed by atoms with Gasteiger partial charge in [-0.05, 0) is 51.4 Å². The predicted octanol–water partition coefficient (Wildman–Crippen LogP) is 12.7. The maximum absolute atomic E-state index is 13.0. The maximum Gasteiger partial charge on any atom is 0.305 e. The Morgan fingerprint density at radius 2 is 0.942 bits per heavy atom. The van der Waals surface area contributed by atoms with Crippen molar-refractivity contribution in [1.29, 1.82) is 0 Å². The highest BCUT2D eigenvalue weighted by molar-refractivity contribution is 5.76. The largest absolute Gasteiger partial charge is 0.466 e. The molecule has 0 aliphatic carbocycles. The summed E-state index contributed by atoms with van der Waals surface area (Å²) < 4.78 is 16.7. The number of nitrogens with one attached hydrogen (secondary N) is 1. The molecule has 0 aromatic carbocycles. The summed E-state index contributed by atoms with van der Waals surface area (Å²) in [5.74, 6) is -0.208. The van der Waals surface area contributed by atoms with E-state index < -0.39 is 49.5 Å². The molecule has 0 saturated carbocycles. The highest BCUT2D eigenvalue weighted by atomic mass is 16.7. The minimum atomic E-state index is -1.58. The molecule has 7 atom stereocenters. The number of hydrogen-bond acceptors (Lipinski definition) is 10. The second kappa shape index (κ2) is 48.2. The molecule has 404 valence electrons. The van der Waals surface area contributed by atoms with E-state index in [1.807, 2.05) is 6.08 Å². The third kappa shape index (κ3) is 38.2. The normalized spacial score (nSPS) is 19.6. The van der Waals surface area contributed by atoms with E-state index in [4.69, 9.17) is 14.2 Å². The Kier molecular flexibility index (Phi) is 45.3. The fourth-order valence-corrected chi connectivity index (χ4v) is 8.89. The van der Waals surface area contributed by atoms with E-state index in [0.29, 0.717) is 19.4 Å². The van der Waals surface area contributed by atoms with Crippen LogP contribution in [0.3, 0.4) is 0 Å². The van der Waals surface area contributed by atoms with Gasteiger partial charge in [0.05, 0.1) is 32.0 Å². The first kappa shape index (κ1) is 64.9. The van der Waals surface area contributed by atoms with Gasteiger partial charge < -0.3 is 45.1 Å². The fraction of sp³-hybridized carbons (Fsp3) is 0.862. The minimum Gasteiger partial charge on any atom is -0.466 e. The second-order valence-corrected chi connectivity index (χ2v) is 20.0. The smallest absolute Gasteiger partial charge is 0.305 e. The maximum atomic E-state index is 13.0. The molecule has 1 heterocycles. The number of carbonyl (C=O) groups excluding carboxylic acids is 2. The van der Waals surface area contributed by atoms with Gasteiger partial charge >= 0.3 is 5.97 Å². The molecule has 6 N–H and O–H groups in total. The van der Waals surface area contributed by atoms with Gasteiger partial charge in [0, 0.05) is 12.8 Å². The Balaban J connectivity index is 2.08. The van der Waals surface area contributed by atoms with Crippen LogP contribution in [0.15, 0.2) is 36.5 Å². The fourth-order valence-electron chi connectivity index (χ4n) is 8.89. The number of aliphatic hydroxyl groups is 5. The van der Waals surface area contributed by atoms with Crippen LogP contribution < -0.4 is 5.32 Å². The van der Waals surface area contributed by atoms with Gasteiger partial charge in [-0.1, -0.05) is 230 Å². The van der Waals surface area contributed by atoms with Gasteiger partial charge in [0.25, 0.3) is 0 Å². The van der Waals surface area contributed by atoms with Crippen LogP contribution in [0.2, 0.25) is 0 Å². The Morgan fingerprint density at radius 1 is 0.522 bits per heavy atom. The number of amides is 1. The summed E-state index contributed by atoms with van der Waals surface area (Å²) in [6.07, 6.45) is 48.1. The molecule has 11 nitrogen and oxygen atoms in total. The van der Waals surface area contributed by atoms with Crippen molar-refractivity contribution in [2.45, 2.75) is 301 Å². The molecule has 1 saturated heterocycles. The molecular formula is C58H107NO10. The Labute approximate surface area is 422 Å². The molecule has 1 aliphatic rings. The molecule has 11 heteroatoms. The van der Waals surface area contributed by atoms with Crippen molar-refractivity contribution in [2.75, 3.05) is 19.8 Å². The second-order valence-electron chi connectivity index (χ2n) is 20.0. The molecule has 0 bridgehead atoms. The quantitative estimate of drug-likeness (QED) is 0.0196. The molecular weight excluding hydrogens is 871 g/mol. The zero-order valence-corrected chi connectivity index (χ0v) is 44.3. The number of carbonyl (C=O) groups is 2. The zero-order valence-electron chi connectivity index (χ0n) is 44.3. The Bertz CT molecular complexity index is 1240. The van der Waals surface area contributed by atoms with E-state index in [1.165, 1.54) is 148 Å². The molecule has 0 radical (unpaired) electrons. The number of aliphatic hydroxyl groups excluding tert-OH is 5. The number of unbranched alkanes of at least 4 members (excludes halogenated alkanes) is 31. The Hall–Kier alpha value is -2.12. The third-order valence-electron chi connectivity index (χ3n) is 13.5. The molecule has 1 fully saturated rings. The molecule has 1 rings (SSSR count). The number of allylic oxidation sites excluding steroid dienone is 5. The Morgan fingerprint density at radius 3 is 1.41 bits per heavy atom. The molecule has 0 aromatic rings. The minimum absolute atomic E-state index is 0.00746. The van der Waals surface area contributed by atoms with Crippen molar-refractivity contribution in [3.05, 3.63) is 36.5 Å². The average molecular weight is 978 g/mol. The summed E-state index contributed by atoms with van der Waals surface area (Å²) in [5.41, 5.74) is 0. The number of hydrogen-bond donors (Lipinski definition) is 6. The highest BCUT2D eigenvalue weighted by Crippen LogP contribution is 2.23. The first-order chi connectivity index (χ1) is 33.7. The predicted molar refractivity (Wildman–Crippen MR) is 283 cm³/mol. The average Bonchev–Trinajstić information content (AvgIpc) is 3.34. The molecule has 1 amide bonds. The molecule has 7 unspecified atom stereocenters. The van der Waals surface area contributed by atoms with Crippen LogP contribution in [0.1, 0.15) is 258 Å². The first-order valence-corrected chi connectivity index (χ1v) is 28.8. The van der Waals surface area contributed by atoms with Crippen molar-refractivity contribution < 1.29 is 49.3 Å². The summed E-state index contributed by atoms with van der Waals surface area (Å²) in [7, 11) is 0. The lowest BCUT2D eigenvalue weighted by atomic mass is 9.99. The summed E-state index contributed by atoms with van der Waals surface area (Å²) in [5, 5.41) is 54.2. The highest BCUT2D eigenvalue weighted by Gasteiger charge is 2.44. The molecule has 0 aromatic heterocycles. The van der Waals surface area contributed by atoms with Gasteiger partial charge in [0.15, 0.2) is 6.29 Å². The first-order valence-electron chi connectivity index (χ1n) is 28.8. The van der Waals surface area contributed by atoms with Crippen molar-refractivity contribution in [1.82, 2.24) is 5.32 Å². The lowest BCUT2D eigenvalue weighted by Gasteiger charge is -2.40. The third-order valence-corrected chi connectivity index (χ3v) is 13.5. The van der Waals surface area contributed by atoms with Gasteiger partial charge in [-0.2, -0.15) is 0 Å². The SMILES string of the molecule is CCC/C=C/CC/C=C/CC/C=C/C(O)C(COC1OC(CO)C(O)C(O)C1O)NC(=O)CCCCCCCCCCCCCCCCCCCCCOC(=O)CCCCCCCCCCCCC. The number of esters is 1. The van der Waals surface area contributed by atoms with Crippen molar-refractivity contribution in [3.8, 4) is 0 Å². The standard InChI is InChI=1S/C58H107NO10/c1-3-5-7-9-11-13-24-28-32-36-40-44-51(61)50(49-68-58-57(66)56(65)55(64)52(48-60)69-58)59-53(62)45-41-37-33-29-26-22-20-18-16-15-17-19-21-23-27-31-35-39-43-47-67-54(63)46-42-38-34-30-25-14-12-10-8-6-4-2/h7,9,24,28,40,44,50-52,55-58,60-61,64-66H,3-6,8,10-23,25-27,29-39,41-43,45-49H2,1-2H3,(H,59,62)/b9-7+,28-24+,44-40+. The van der Waals surface area contributed by atoms with Gasteiger partial charge in [-0.3, -0.25) is 9.59 Å². The summed E-state index contributed by atoms with van der Waals surface area (Å²) >= 11 is 0. The van der Waals surface area contributed by atoms with E-state index in [1.54, 1.807) is 6.08 Å². The van der Waals surface area contributed by atoms with Gasteiger partial charge in [-0.25, -0.2) is 0 Å². The van der Waals surface area contributed by atoms with Crippen molar-refractivity contribution in [2.24, 2.45) is 0 Å². The van der Waals surface area contributed by atoms with Crippen LogP contribution in [0.25, 0.3) is 0 Å². The summed E-state index contributed by atoms with van der Waals surface area (Å²) in [6.45, 7) is 4.23. The number of rotatable bonds is 49. The summed E-state index contributed by atoms with van der Waals surface area (Å²) in [4.78, 5) is 25.0. The number of ether oxygens (including phenoxy) is 3. The van der Waals surface area contributed by atoms with E-state index in [-0.39, 0.29) is 18.5 Å². The monoisotopic (exact) mass is 978 g/mol. The van der Waals surface area contributed by atoms with Crippen LogP contribution in [-0.4, -0.2) is 100 Å². The van der Waals surface area contributed by atoms with Crippen LogP contribution in [0.5, 0.6) is 0 Å². The van der Waals surface area contributed by atoms with Crippen LogP contribution in [0.4, 0.5) is 0 Å². The zero-order chi connectivity index (χ0) is 50.3. The molecule has 0 spiro atoms. The van der Waals surface area contributed by atoms with E-state index in [9.17, 15) is 35.1 Å². The van der Waals surface area contributed by atoms with Gasteiger partial charge in [-0.15, -0.1) is 0 Å². The summed E-state index contributed by atoms with van der Waals surface area (Å²) in [6, 6.07) is -0.836. The van der Waals surface area contributed by atoms with Gasteiger partial charge in [0.2, 0.25) is 5.91 Å².